The molecule has 144 heavy (non-hydrogen) atoms. The molecule has 0 aliphatic heterocycles. The van der Waals surface area contributed by atoms with Crippen molar-refractivity contribution in [3.8, 4) is 124 Å². The van der Waals surface area contributed by atoms with E-state index in [-0.39, 0.29) is 0 Å². The number of nitrogens with zero attached hydrogens (tertiary/aromatic N) is 10. The van der Waals surface area contributed by atoms with Crippen LogP contribution in [0.25, 0.3) is 284 Å². The van der Waals surface area contributed by atoms with E-state index in [1.807, 2.05) is 120 Å². The van der Waals surface area contributed by atoms with E-state index < -0.39 is 0 Å². The van der Waals surface area contributed by atoms with Crippen molar-refractivity contribution < 1.29 is 0 Å². The van der Waals surface area contributed by atoms with Gasteiger partial charge in [-0.15, -0.1) is 22.7 Å². The van der Waals surface area contributed by atoms with Crippen LogP contribution in [-0.4, -0.2) is 48.2 Å². The van der Waals surface area contributed by atoms with Crippen LogP contribution in [0, 0.1) is 0 Å². The SMILES string of the molecule is c1ccc(-c2nc(-c3ccccc3)nc(-c3ccc(-c4ccc(-n5c6ccccc6c6cc(-n7c8ccccc8c8cc(-c9cccc%10c9sc9ccccc9%10)ccc87)ccc65)cc4)cc3)n2)cc1.c1ccc(-c2nc(-c3ccccc3)nc(-c3ccc4c5ccccc5c5ccc(-n6c7ccccc7c7cc(-n8c9ccccc9c9cc(-c%10cccc%11c%10sc%10ccccc%10%11)ccc98)ccc76)cc5c4c3)n2)cc1. The van der Waals surface area contributed by atoms with E-state index in [9.17, 15) is 0 Å². The summed E-state index contributed by atoms with van der Waals surface area (Å²) in [6, 6.07) is 175. The van der Waals surface area contributed by atoms with E-state index in [1.165, 1.54) is 166 Å². The van der Waals surface area contributed by atoms with Gasteiger partial charge in [0.2, 0.25) is 0 Å². The smallest absolute Gasteiger partial charge is 0.164 e. The van der Waals surface area contributed by atoms with Crippen molar-refractivity contribution >= 4 is 183 Å². The first kappa shape index (κ1) is 82.4. The summed E-state index contributed by atoms with van der Waals surface area (Å²) < 4.78 is 15.0. The van der Waals surface area contributed by atoms with Gasteiger partial charge in [-0.05, 0) is 193 Å². The molecule has 670 valence electrons. The third-order valence-corrected chi connectivity index (χ3v) is 31.4. The number of benzene rings is 22. The van der Waals surface area contributed by atoms with Crippen molar-refractivity contribution in [2.45, 2.75) is 0 Å². The van der Waals surface area contributed by atoms with Crippen LogP contribution in [0.15, 0.2) is 485 Å². The summed E-state index contributed by atoms with van der Waals surface area (Å²) in [5.41, 5.74) is 26.8. The fourth-order valence-corrected chi connectivity index (χ4v) is 24.7. The largest absolute Gasteiger partial charge is 0.309 e. The van der Waals surface area contributed by atoms with E-state index in [4.69, 9.17) is 29.9 Å². The highest BCUT2D eigenvalue weighted by Gasteiger charge is 2.26. The van der Waals surface area contributed by atoms with E-state index in [2.05, 4.69) is 407 Å². The summed E-state index contributed by atoms with van der Waals surface area (Å²) >= 11 is 3.77. The number of thiophene rings is 2. The average molecular weight is 1870 g/mol. The van der Waals surface area contributed by atoms with Crippen LogP contribution in [-0.2, 0) is 0 Å². The minimum atomic E-state index is 0.633. The number of para-hydroxylation sites is 4. The van der Waals surface area contributed by atoms with Gasteiger partial charge in [0.15, 0.2) is 34.9 Å². The van der Waals surface area contributed by atoms with E-state index >= 15 is 0 Å². The van der Waals surface area contributed by atoms with Gasteiger partial charge in [-0.2, -0.15) is 0 Å². The fraction of sp³-hybridized carbons (Fsp3) is 0. The second-order valence-electron chi connectivity index (χ2n) is 37.1. The van der Waals surface area contributed by atoms with Crippen molar-refractivity contribution in [3.05, 3.63) is 485 Å². The van der Waals surface area contributed by atoms with Gasteiger partial charge in [0.1, 0.15) is 0 Å². The lowest BCUT2D eigenvalue weighted by molar-refractivity contribution is 1.07. The van der Waals surface area contributed by atoms with Gasteiger partial charge in [0, 0.05) is 140 Å². The topological polar surface area (TPSA) is 97.1 Å². The predicted molar refractivity (Wildman–Crippen MR) is 604 cm³/mol. The van der Waals surface area contributed by atoms with Crippen LogP contribution in [0.3, 0.4) is 0 Å². The Balaban J connectivity index is 0.000000137. The fourth-order valence-electron chi connectivity index (χ4n) is 22.3. The second-order valence-corrected chi connectivity index (χ2v) is 39.2. The molecule has 0 atom stereocenters. The molecule has 0 unspecified atom stereocenters. The zero-order valence-electron chi connectivity index (χ0n) is 77.5. The summed E-state index contributed by atoms with van der Waals surface area (Å²) in [6.07, 6.45) is 0. The first-order chi connectivity index (χ1) is 71.4. The molecule has 8 aromatic heterocycles. The molecule has 8 heterocycles. The van der Waals surface area contributed by atoms with Crippen molar-refractivity contribution in [3.63, 3.8) is 0 Å². The molecular weight excluding hydrogens is 1790 g/mol. The number of rotatable bonds is 13. The molecule has 22 aromatic carbocycles. The summed E-state index contributed by atoms with van der Waals surface area (Å²) in [5.74, 6) is 3.86. The number of fused-ring (bicyclic) bond motifs is 24. The number of hydrogen-bond acceptors (Lipinski definition) is 8. The van der Waals surface area contributed by atoms with Crippen LogP contribution in [0.4, 0.5) is 0 Å². The van der Waals surface area contributed by atoms with Gasteiger partial charge in [-0.25, -0.2) is 29.9 Å². The summed E-state index contributed by atoms with van der Waals surface area (Å²) in [7, 11) is 0. The Morgan fingerprint density at radius 3 is 0.764 bits per heavy atom. The average Bonchev–Trinajstić information content (AvgIpc) is 1.43. The molecule has 10 nitrogen and oxygen atoms in total. The first-order valence-corrected chi connectivity index (χ1v) is 50.3. The van der Waals surface area contributed by atoms with Crippen LogP contribution in [0.5, 0.6) is 0 Å². The Morgan fingerprint density at radius 2 is 0.368 bits per heavy atom. The van der Waals surface area contributed by atoms with Gasteiger partial charge in [-0.3, -0.25) is 0 Å². The summed E-state index contributed by atoms with van der Waals surface area (Å²) in [6.45, 7) is 0. The number of hydrogen-bond donors (Lipinski definition) is 0. The van der Waals surface area contributed by atoms with E-state index in [0.717, 1.165) is 83.7 Å². The molecule has 0 saturated heterocycles. The molecule has 0 fully saturated rings. The van der Waals surface area contributed by atoms with Gasteiger partial charge < -0.3 is 18.3 Å². The Labute approximate surface area is 834 Å². The normalized spacial score (nSPS) is 11.9. The van der Waals surface area contributed by atoms with E-state index in [0.29, 0.717) is 34.9 Å². The Bertz CT molecular complexity index is 10400. The quantitative estimate of drug-likeness (QED) is 0.107. The maximum atomic E-state index is 5.14. The molecule has 0 saturated carbocycles. The monoisotopic (exact) mass is 1870 g/mol. The van der Waals surface area contributed by atoms with Gasteiger partial charge in [-0.1, -0.05) is 358 Å². The Kier molecular flexibility index (Phi) is 19.2. The van der Waals surface area contributed by atoms with Crippen LogP contribution >= 0.6 is 22.7 Å². The zero-order chi connectivity index (χ0) is 94.6. The number of aromatic nitrogens is 10. The summed E-state index contributed by atoms with van der Waals surface area (Å²) in [5, 5.41) is 22.2. The van der Waals surface area contributed by atoms with Crippen molar-refractivity contribution in [1.29, 1.82) is 0 Å². The molecule has 0 amide bonds. The molecule has 0 N–H and O–H groups in total. The van der Waals surface area contributed by atoms with Crippen LogP contribution in [0.2, 0.25) is 0 Å². The molecule has 0 aliphatic rings. The molecule has 0 aliphatic carbocycles. The van der Waals surface area contributed by atoms with Crippen LogP contribution in [0.1, 0.15) is 0 Å². The molecule has 0 radical (unpaired) electrons. The third-order valence-electron chi connectivity index (χ3n) is 28.9. The molecule has 30 rings (SSSR count). The van der Waals surface area contributed by atoms with Crippen molar-refractivity contribution in [2.75, 3.05) is 0 Å². The second kappa shape index (κ2) is 33.5. The third kappa shape index (κ3) is 13.6. The first-order valence-electron chi connectivity index (χ1n) is 48.7. The summed E-state index contributed by atoms with van der Waals surface area (Å²) in [4.78, 5) is 30.0. The van der Waals surface area contributed by atoms with Crippen LogP contribution < -0.4 is 0 Å². The predicted octanol–water partition coefficient (Wildman–Crippen LogP) is 35.3. The Morgan fingerprint density at radius 1 is 0.132 bits per heavy atom. The lowest BCUT2D eigenvalue weighted by Gasteiger charge is -2.15. The van der Waals surface area contributed by atoms with Gasteiger partial charge >= 0.3 is 0 Å². The molecular formula is C132H80N10S2. The van der Waals surface area contributed by atoms with Gasteiger partial charge in [0.25, 0.3) is 0 Å². The van der Waals surface area contributed by atoms with E-state index in [1.54, 1.807) is 0 Å². The highest BCUT2D eigenvalue weighted by atomic mass is 32.1. The Hall–Kier alpha value is -18.7. The lowest BCUT2D eigenvalue weighted by atomic mass is 9.93. The maximum absolute atomic E-state index is 5.14. The molecule has 12 heteroatoms. The van der Waals surface area contributed by atoms with Gasteiger partial charge in [0.05, 0.1) is 44.1 Å². The highest BCUT2D eigenvalue weighted by molar-refractivity contribution is 7.26. The maximum Gasteiger partial charge on any atom is 0.164 e. The minimum absolute atomic E-state index is 0.633. The highest BCUT2D eigenvalue weighted by Crippen LogP contribution is 2.49. The lowest BCUT2D eigenvalue weighted by Crippen LogP contribution is -2.00. The molecule has 30 aromatic rings. The minimum Gasteiger partial charge on any atom is -0.309 e. The standard InChI is InChI=1S/C69H41N5S.C63H39N5S/c1-3-16-42(17-4-1)67-70-68(43-18-5-2-6-19-43)72-69(71-67)45-30-34-51-49-20-7-8-21-50(49)52-35-32-46(40-58(52)57(51)39-45)73-62-28-13-10-23-54(62)60-41-47(33-37-64(60)73)74-61-27-12-9-22-53(61)59-38-44(31-36-63(59)74)48-25-15-26-56-55-24-11-14-29-65(55)75-66(48)56;1-3-14-42(15-4-1)61-64-62(43-16-5-2-6-17-43)66-63(65-61)44-28-26-40(27-29-44)41-30-33-46(34-31-41)67-55-23-10-8-19-50(55)54-39-47(35-37-58(54)67)68-56-24-11-7-18-49(56)53-38-45(32-36-57(53)68)48-21-13-22-52-51-20-9-12-25-59(51)69-60(48)52/h1-41H;1-39H. The zero-order valence-corrected chi connectivity index (χ0v) is 79.1. The molecule has 0 bridgehead atoms. The molecule has 0 spiro atoms. The van der Waals surface area contributed by atoms with Crippen molar-refractivity contribution in [1.82, 2.24) is 48.2 Å². The van der Waals surface area contributed by atoms with Crippen molar-refractivity contribution in [2.24, 2.45) is 0 Å².